The molecule has 0 atom stereocenters. The largest absolute Gasteiger partial charge is 0.455 e. The second-order valence-corrected chi connectivity index (χ2v) is 4.70. The Hall–Kier alpha value is -1.48. The summed E-state index contributed by atoms with van der Waals surface area (Å²) in [6.07, 6.45) is 1.03. The van der Waals surface area contributed by atoms with Crippen LogP contribution in [-0.4, -0.2) is 0 Å². The summed E-state index contributed by atoms with van der Waals surface area (Å²) in [6, 6.07) is 13.6. The van der Waals surface area contributed by atoms with Gasteiger partial charge < -0.3 is 10.5 Å². The number of rotatable bonds is 3. The van der Waals surface area contributed by atoms with Crippen molar-refractivity contribution < 1.29 is 4.74 Å². The van der Waals surface area contributed by atoms with Crippen molar-refractivity contribution >= 4 is 21.6 Å². The maximum absolute atomic E-state index is 5.85. The molecular formula is C14H14BrNO. The molecule has 17 heavy (non-hydrogen) atoms. The van der Waals surface area contributed by atoms with Crippen molar-refractivity contribution in [3.63, 3.8) is 0 Å². The van der Waals surface area contributed by atoms with Gasteiger partial charge in [-0.05, 0) is 42.3 Å². The fourth-order valence-electron chi connectivity index (χ4n) is 1.52. The van der Waals surface area contributed by atoms with Crippen LogP contribution in [0.25, 0.3) is 0 Å². The van der Waals surface area contributed by atoms with Crippen LogP contribution in [0.5, 0.6) is 11.5 Å². The van der Waals surface area contributed by atoms with Crippen LogP contribution in [0.1, 0.15) is 12.5 Å². The first kappa shape index (κ1) is 12.0. The summed E-state index contributed by atoms with van der Waals surface area (Å²) in [5.74, 6) is 1.47. The molecule has 0 saturated heterocycles. The number of halogens is 1. The third-order valence-electron chi connectivity index (χ3n) is 2.54. The molecular weight excluding hydrogens is 278 g/mol. The summed E-state index contributed by atoms with van der Waals surface area (Å²) >= 11 is 3.40. The number of nitrogens with two attached hydrogens (primary N) is 1. The van der Waals surface area contributed by atoms with Crippen molar-refractivity contribution in [2.75, 3.05) is 5.73 Å². The predicted molar refractivity (Wildman–Crippen MR) is 74.4 cm³/mol. The Morgan fingerprint density at radius 3 is 2.47 bits per heavy atom. The Morgan fingerprint density at radius 1 is 1.12 bits per heavy atom. The van der Waals surface area contributed by atoms with Crippen molar-refractivity contribution in [2.45, 2.75) is 13.3 Å². The van der Waals surface area contributed by atoms with E-state index in [-0.39, 0.29) is 0 Å². The van der Waals surface area contributed by atoms with E-state index >= 15 is 0 Å². The van der Waals surface area contributed by atoms with E-state index in [0.29, 0.717) is 11.4 Å². The van der Waals surface area contributed by atoms with Crippen molar-refractivity contribution in [2.24, 2.45) is 0 Å². The standard InChI is InChI=1S/C14H14BrNO/c1-2-10-3-6-12(7-4-10)17-14-9-11(15)5-8-13(14)16/h3-9H,2,16H2,1H3. The smallest absolute Gasteiger partial charge is 0.151 e. The highest BCUT2D eigenvalue weighted by Crippen LogP contribution is 2.30. The van der Waals surface area contributed by atoms with Crippen LogP contribution in [0.15, 0.2) is 46.9 Å². The zero-order valence-corrected chi connectivity index (χ0v) is 11.2. The first-order valence-corrected chi connectivity index (χ1v) is 6.30. The first-order chi connectivity index (χ1) is 8.19. The molecule has 0 aromatic heterocycles. The van der Waals surface area contributed by atoms with Gasteiger partial charge in [0.2, 0.25) is 0 Å². The van der Waals surface area contributed by atoms with Crippen LogP contribution in [0.4, 0.5) is 5.69 Å². The number of anilines is 1. The van der Waals surface area contributed by atoms with Crippen LogP contribution in [0.3, 0.4) is 0 Å². The quantitative estimate of drug-likeness (QED) is 0.852. The molecule has 0 heterocycles. The number of aryl methyl sites for hydroxylation is 1. The van der Waals surface area contributed by atoms with Crippen molar-refractivity contribution in [1.29, 1.82) is 0 Å². The maximum Gasteiger partial charge on any atom is 0.151 e. The maximum atomic E-state index is 5.85. The van der Waals surface area contributed by atoms with Crippen molar-refractivity contribution in [3.8, 4) is 11.5 Å². The van der Waals surface area contributed by atoms with Gasteiger partial charge in [0.05, 0.1) is 5.69 Å². The van der Waals surface area contributed by atoms with Gasteiger partial charge in [-0.25, -0.2) is 0 Å². The molecule has 0 amide bonds. The van der Waals surface area contributed by atoms with E-state index < -0.39 is 0 Å². The third-order valence-corrected chi connectivity index (χ3v) is 3.03. The monoisotopic (exact) mass is 291 g/mol. The molecule has 0 unspecified atom stereocenters. The van der Waals surface area contributed by atoms with Gasteiger partial charge in [0.25, 0.3) is 0 Å². The summed E-state index contributed by atoms with van der Waals surface area (Å²) in [6.45, 7) is 2.13. The van der Waals surface area contributed by atoms with Gasteiger partial charge in [0.15, 0.2) is 5.75 Å². The van der Waals surface area contributed by atoms with Crippen LogP contribution in [0.2, 0.25) is 0 Å². The van der Waals surface area contributed by atoms with Gasteiger partial charge in [-0.15, -0.1) is 0 Å². The molecule has 0 saturated carbocycles. The van der Waals surface area contributed by atoms with Crippen molar-refractivity contribution in [3.05, 3.63) is 52.5 Å². The molecule has 0 aliphatic rings. The Labute approximate surface area is 110 Å². The number of nitrogen functional groups attached to an aromatic ring is 1. The number of ether oxygens (including phenoxy) is 1. The van der Waals surface area contributed by atoms with E-state index in [9.17, 15) is 0 Å². The van der Waals surface area contributed by atoms with Gasteiger partial charge in [-0.1, -0.05) is 35.0 Å². The highest BCUT2D eigenvalue weighted by atomic mass is 79.9. The van der Waals surface area contributed by atoms with E-state index in [2.05, 4.69) is 35.0 Å². The molecule has 0 aliphatic carbocycles. The molecule has 0 fully saturated rings. The zero-order chi connectivity index (χ0) is 12.3. The highest BCUT2D eigenvalue weighted by Gasteiger charge is 2.03. The van der Waals surface area contributed by atoms with Gasteiger partial charge >= 0.3 is 0 Å². The summed E-state index contributed by atoms with van der Waals surface area (Å²) in [4.78, 5) is 0. The van der Waals surface area contributed by atoms with E-state index in [1.165, 1.54) is 5.56 Å². The average molecular weight is 292 g/mol. The second-order valence-electron chi connectivity index (χ2n) is 3.78. The van der Waals surface area contributed by atoms with Crippen LogP contribution >= 0.6 is 15.9 Å². The normalized spacial score (nSPS) is 10.2. The van der Waals surface area contributed by atoms with E-state index in [1.54, 1.807) is 0 Å². The summed E-state index contributed by atoms with van der Waals surface area (Å²) in [7, 11) is 0. The molecule has 88 valence electrons. The fourth-order valence-corrected chi connectivity index (χ4v) is 1.86. The molecule has 0 aliphatic heterocycles. The summed E-state index contributed by atoms with van der Waals surface area (Å²) < 4.78 is 6.69. The van der Waals surface area contributed by atoms with Crippen LogP contribution < -0.4 is 10.5 Å². The molecule has 2 aromatic rings. The molecule has 0 spiro atoms. The number of hydrogen-bond acceptors (Lipinski definition) is 2. The Balaban J connectivity index is 2.22. The van der Waals surface area contributed by atoms with E-state index in [4.69, 9.17) is 10.5 Å². The van der Waals surface area contributed by atoms with Gasteiger partial charge in [0, 0.05) is 4.47 Å². The third kappa shape index (κ3) is 3.01. The lowest BCUT2D eigenvalue weighted by Crippen LogP contribution is -1.92. The minimum Gasteiger partial charge on any atom is -0.455 e. The van der Waals surface area contributed by atoms with Gasteiger partial charge in [-0.2, -0.15) is 0 Å². The molecule has 2 nitrogen and oxygen atoms in total. The molecule has 0 bridgehead atoms. The molecule has 2 rings (SSSR count). The molecule has 2 aromatic carbocycles. The topological polar surface area (TPSA) is 35.2 Å². The van der Waals surface area contributed by atoms with E-state index in [0.717, 1.165) is 16.6 Å². The fraction of sp³-hybridized carbons (Fsp3) is 0.143. The molecule has 2 N–H and O–H groups in total. The van der Waals surface area contributed by atoms with E-state index in [1.807, 2.05) is 30.3 Å². The van der Waals surface area contributed by atoms with Crippen molar-refractivity contribution in [1.82, 2.24) is 0 Å². The molecule has 3 heteroatoms. The SMILES string of the molecule is CCc1ccc(Oc2cc(Br)ccc2N)cc1. The first-order valence-electron chi connectivity index (χ1n) is 5.51. The second kappa shape index (κ2) is 5.23. The van der Waals surface area contributed by atoms with Crippen LogP contribution in [-0.2, 0) is 6.42 Å². The Morgan fingerprint density at radius 2 is 1.82 bits per heavy atom. The van der Waals surface area contributed by atoms with Gasteiger partial charge in [-0.3, -0.25) is 0 Å². The number of hydrogen-bond donors (Lipinski definition) is 1. The zero-order valence-electron chi connectivity index (χ0n) is 9.61. The lowest BCUT2D eigenvalue weighted by molar-refractivity contribution is 0.484. The minimum atomic E-state index is 0.632. The minimum absolute atomic E-state index is 0.632. The average Bonchev–Trinajstić information content (AvgIpc) is 2.35. The Kier molecular flexibility index (Phi) is 3.69. The lowest BCUT2D eigenvalue weighted by Gasteiger charge is -2.09. The summed E-state index contributed by atoms with van der Waals surface area (Å²) in [5.41, 5.74) is 7.77. The summed E-state index contributed by atoms with van der Waals surface area (Å²) in [5, 5.41) is 0. The Bertz CT molecular complexity index is 508. The van der Waals surface area contributed by atoms with Gasteiger partial charge in [0.1, 0.15) is 5.75 Å². The predicted octanol–water partition coefficient (Wildman–Crippen LogP) is 4.39. The van der Waals surface area contributed by atoms with Crippen LogP contribution in [0, 0.1) is 0 Å². The lowest BCUT2D eigenvalue weighted by atomic mass is 10.2. The molecule has 0 radical (unpaired) electrons. The highest BCUT2D eigenvalue weighted by molar-refractivity contribution is 9.10. The number of benzene rings is 2.